The van der Waals surface area contributed by atoms with Gasteiger partial charge in [0.25, 0.3) is 5.92 Å². The maximum Gasteiger partial charge on any atom is 0.275 e. The van der Waals surface area contributed by atoms with Crippen LogP contribution in [0, 0.1) is 0 Å². The van der Waals surface area contributed by atoms with Crippen LogP contribution in [0.15, 0.2) is 0 Å². The van der Waals surface area contributed by atoms with Crippen molar-refractivity contribution in [2.24, 2.45) is 0 Å². The van der Waals surface area contributed by atoms with Crippen molar-refractivity contribution in [3.05, 3.63) is 0 Å². The topological polar surface area (TPSA) is 37.4 Å². The van der Waals surface area contributed by atoms with Gasteiger partial charge in [0.15, 0.2) is 0 Å². The Balaban J connectivity index is 2.77. The number of sulfonamides is 1. The molecule has 0 spiro atoms. The summed E-state index contributed by atoms with van der Waals surface area (Å²) in [6.45, 7) is 3.72. The highest BCUT2D eigenvalue weighted by Gasteiger charge is 2.53. The first-order valence-electron chi connectivity index (χ1n) is 5.00. The first kappa shape index (κ1) is 12.8. The van der Waals surface area contributed by atoms with Crippen LogP contribution in [-0.4, -0.2) is 36.5 Å². The van der Waals surface area contributed by atoms with E-state index in [1.807, 2.05) is 6.92 Å². The van der Waals surface area contributed by atoms with Gasteiger partial charge in [-0.15, -0.1) is 0 Å². The molecular weight excluding hydrogens is 224 g/mol. The molecule has 0 amide bonds. The fraction of sp³-hybridized carbons (Fsp3) is 1.00. The van der Waals surface area contributed by atoms with Crippen LogP contribution in [0.3, 0.4) is 0 Å². The largest absolute Gasteiger partial charge is 0.275 e. The van der Waals surface area contributed by atoms with E-state index in [9.17, 15) is 17.2 Å². The van der Waals surface area contributed by atoms with Crippen molar-refractivity contribution in [3.63, 3.8) is 0 Å². The SMILES string of the molecule is CCCC(C)(C)S(=O)(=O)N1CC(F)(F)C1. The van der Waals surface area contributed by atoms with Gasteiger partial charge in [-0.1, -0.05) is 13.3 Å². The molecule has 0 bridgehead atoms. The number of hydrogen-bond acceptors (Lipinski definition) is 2. The molecule has 0 N–H and O–H groups in total. The van der Waals surface area contributed by atoms with E-state index in [1.165, 1.54) is 0 Å². The van der Waals surface area contributed by atoms with Crippen molar-refractivity contribution >= 4 is 10.0 Å². The maximum absolute atomic E-state index is 12.6. The summed E-state index contributed by atoms with van der Waals surface area (Å²) in [5.41, 5.74) is 0. The number of nitrogens with zero attached hydrogens (tertiary/aromatic N) is 1. The molecule has 1 aliphatic heterocycles. The van der Waals surface area contributed by atoms with Gasteiger partial charge < -0.3 is 0 Å². The van der Waals surface area contributed by atoms with Crippen molar-refractivity contribution in [1.29, 1.82) is 0 Å². The van der Waals surface area contributed by atoms with Gasteiger partial charge in [-0.3, -0.25) is 0 Å². The average molecular weight is 241 g/mol. The van der Waals surface area contributed by atoms with Crippen LogP contribution in [0.2, 0.25) is 0 Å². The first-order valence-corrected chi connectivity index (χ1v) is 6.44. The van der Waals surface area contributed by atoms with Crippen molar-refractivity contribution < 1.29 is 17.2 Å². The Labute approximate surface area is 89.5 Å². The minimum absolute atomic E-state index is 0.484. The van der Waals surface area contributed by atoms with Gasteiger partial charge in [0.1, 0.15) is 0 Å². The Morgan fingerprint density at radius 2 is 1.80 bits per heavy atom. The highest BCUT2D eigenvalue weighted by Crippen LogP contribution is 2.35. The van der Waals surface area contributed by atoms with E-state index < -0.39 is 33.8 Å². The predicted molar refractivity (Wildman–Crippen MR) is 54.4 cm³/mol. The number of hydrogen-bond donors (Lipinski definition) is 0. The maximum atomic E-state index is 12.6. The van der Waals surface area contributed by atoms with E-state index in [1.54, 1.807) is 13.8 Å². The summed E-state index contributed by atoms with van der Waals surface area (Å²) in [6, 6.07) is 0. The van der Waals surface area contributed by atoms with Gasteiger partial charge in [0.2, 0.25) is 10.0 Å². The summed E-state index contributed by atoms with van der Waals surface area (Å²) in [7, 11) is -3.58. The minimum Gasteiger partial charge on any atom is -0.212 e. The van der Waals surface area contributed by atoms with E-state index >= 15 is 0 Å². The molecule has 1 aliphatic rings. The summed E-state index contributed by atoms with van der Waals surface area (Å²) in [4.78, 5) is 0. The summed E-state index contributed by atoms with van der Waals surface area (Å²) in [5.74, 6) is -2.84. The second-order valence-electron chi connectivity index (χ2n) is 4.64. The summed E-state index contributed by atoms with van der Waals surface area (Å²) in [6.07, 6.45) is 1.20. The summed E-state index contributed by atoms with van der Waals surface area (Å²) < 4.78 is 48.9. The van der Waals surface area contributed by atoms with E-state index in [0.29, 0.717) is 6.42 Å². The lowest BCUT2D eigenvalue weighted by atomic mass is 10.1. The lowest BCUT2D eigenvalue weighted by Crippen LogP contribution is -2.61. The Hall–Kier alpha value is -0.230. The predicted octanol–water partition coefficient (Wildman–Crippen LogP) is 1.85. The third kappa shape index (κ3) is 2.30. The van der Waals surface area contributed by atoms with E-state index in [4.69, 9.17) is 0 Å². The number of alkyl halides is 2. The monoisotopic (exact) mass is 241 g/mol. The molecule has 0 radical (unpaired) electrons. The lowest BCUT2D eigenvalue weighted by Gasteiger charge is -2.42. The fourth-order valence-electron chi connectivity index (χ4n) is 1.72. The zero-order valence-corrected chi connectivity index (χ0v) is 10.1. The Kier molecular flexibility index (Phi) is 3.13. The third-order valence-electron chi connectivity index (χ3n) is 2.71. The normalized spacial score (nSPS) is 22.5. The molecular formula is C9H17F2NO2S. The zero-order valence-electron chi connectivity index (χ0n) is 9.26. The van der Waals surface area contributed by atoms with Crippen LogP contribution in [0.25, 0.3) is 0 Å². The van der Waals surface area contributed by atoms with Crippen molar-refractivity contribution in [1.82, 2.24) is 4.31 Å². The molecule has 0 aromatic carbocycles. The van der Waals surface area contributed by atoms with Crippen LogP contribution < -0.4 is 0 Å². The molecule has 0 saturated carbocycles. The molecule has 0 aromatic heterocycles. The van der Waals surface area contributed by atoms with E-state index in [2.05, 4.69) is 0 Å². The van der Waals surface area contributed by atoms with Crippen LogP contribution in [0.5, 0.6) is 0 Å². The van der Waals surface area contributed by atoms with Crippen molar-refractivity contribution in [2.45, 2.75) is 44.3 Å². The minimum atomic E-state index is -3.58. The summed E-state index contributed by atoms with van der Waals surface area (Å²) >= 11 is 0. The second-order valence-corrected chi connectivity index (χ2v) is 7.21. The fourth-order valence-corrected chi connectivity index (χ4v) is 3.60. The van der Waals surface area contributed by atoms with Crippen LogP contribution in [0.4, 0.5) is 8.78 Å². The average Bonchev–Trinajstić information content (AvgIpc) is 1.99. The van der Waals surface area contributed by atoms with Gasteiger partial charge in [-0.25, -0.2) is 17.2 Å². The van der Waals surface area contributed by atoms with Crippen molar-refractivity contribution in [3.8, 4) is 0 Å². The molecule has 0 aromatic rings. The number of halogens is 2. The Morgan fingerprint density at radius 1 is 1.33 bits per heavy atom. The highest BCUT2D eigenvalue weighted by atomic mass is 32.2. The standard InChI is InChI=1S/C9H17F2NO2S/c1-4-5-8(2,3)15(13,14)12-6-9(10,11)7-12/h4-7H2,1-3H3. The smallest absolute Gasteiger partial charge is 0.212 e. The molecule has 0 unspecified atom stereocenters. The molecule has 0 aliphatic carbocycles. The lowest BCUT2D eigenvalue weighted by molar-refractivity contribution is -0.0952. The third-order valence-corrected chi connectivity index (χ3v) is 5.24. The van der Waals surface area contributed by atoms with Crippen molar-refractivity contribution in [2.75, 3.05) is 13.1 Å². The molecule has 6 heteroatoms. The van der Waals surface area contributed by atoms with E-state index in [-0.39, 0.29) is 0 Å². The van der Waals surface area contributed by atoms with Gasteiger partial charge in [-0.05, 0) is 20.3 Å². The van der Waals surface area contributed by atoms with Gasteiger partial charge in [0, 0.05) is 0 Å². The molecule has 0 atom stereocenters. The molecule has 3 nitrogen and oxygen atoms in total. The van der Waals surface area contributed by atoms with Gasteiger partial charge >= 0.3 is 0 Å². The summed E-state index contributed by atoms with van der Waals surface area (Å²) in [5, 5.41) is 0. The van der Waals surface area contributed by atoms with Crippen LogP contribution in [-0.2, 0) is 10.0 Å². The van der Waals surface area contributed by atoms with Crippen LogP contribution >= 0.6 is 0 Å². The molecule has 1 fully saturated rings. The molecule has 90 valence electrons. The molecule has 1 heterocycles. The molecule has 1 saturated heterocycles. The van der Waals surface area contributed by atoms with E-state index in [0.717, 1.165) is 10.7 Å². The van der Waals surface area contributed by atoms with Gasteiger partial charge in [0.05, 0.1) is 17.8 Å². The number of rotatable bonds is 4. The molecule has 1 rings (SSSR count). The molecule has 15 heavy (non-hydrogen) atoms. The van der Waals surface area contributed by atoms with Gasteiger partial charge in [-0.2, -0.15) is 4.31 Å². The quantitative estimate of drug-likeness (QED) is 0.753. The zero-order chi connectivity index (χ0) is 11.9. The highest BCUT2D eigenvalue weighted by molar-refractivity contribution is 7.90. The first-order chi connectivity index (χ1) is 6.62. The Bertz CT molecular complexity index is 330. The Morgan fingerprint density at radius 3 is 2.13 bits per heavy atom. The van der Waals surface area contributed by atoms with Crippen LogP contribution in [0.1, 0.15) is 33.6 Å². The second kappa shape index (κ2) is 3.66.